The zero-order valence-corrected chi connectivity index (χ0v) is 12.5. The van der Waals surface area contributed by atoms with Crippen LogP contribution in [-0.2, 0) is 0 Å². The molecule has 0 amide bonds. The fourth-order valence-electron chi connectivity index (χ4n) is 3.48. The van der Waals surface area contributed by atoms with Crippen molar-refractivity contribution in [2.75, 3.05) is 45.9 Å². The Hall–Kier alpha value is -0.160. The van der Waals surface area contributed by atoms with Crippen LogP contribution < -0.4 is 5.32 Å². The summed E-state index contributed by atoms with van der Waals surface area (Å²) in [7, 11) is 0. The molecule has 0 radical (unpaired) electrons. The number of likely N-dealkylation sites (N-methyl/N-ethyl adjacent to an activating group) is 1. The van der Waals surface area contributed by atoms with Gasteiger partial charge < -0.3 is 15.3 Å². The molecule has 2 unspecified atom stereocenters. The third-order valence-corrected chi connectivity index (χ3v) is 4.66. The van der Waals surface area contributed by atoms with E-state index in [9.17, 15) is 5.11 Å². The molecule has 2 heterocycles. The van der Waals surface area contributed by atoms with Gasteiger partial charge in [-0.25, -0.2) is 0 Å². The van der Waals surface area contributed by atoms with E-state index in [1.165, 1.54) is 51.9 Å². The van der Waals surface area contributed by atoms with Crippen LogP contribution in [0.25, 0.3) is 0 Å². The molecule has 2 rings (SSSR count). The minimum atomic E-state index is 0.261. The van der Waals surface area contributed by atoms with Gasteiger partial charge in [0, 0.05) is 18.6 Å². The average molecular weight is 269 g/mol. The van der Waals surface area contributed by atoms with E-state index in [0.29, 0.717) is 0 Å². The van der Waals surface area contributed by atoms with E-state index in [2.05, 4.69) is 22.0 Å². The van der Waals surface area contributed by atoms with Crippen molar-refractivity contribution in [1.29, 1.82) is 0 Å². The van der Waals surface area contributed by atoms with Gasteiger partial charge in [0.15, 0.2) is 0 Å². The van der Waals surface area contributed by atoms with Crippen LogP contribution in [0.1, 0.15) is 39.0 Å². The van der Waals surface area contributed by atoms with Crippen LogP contribution in [0.15, 0.2) is 0 Å². The highest BCUT2D eigenvalue weighted by Crippen LogP contribution is 2.20. The first kappa shape index (κ1) is 15.2. The maximum absolute atomic E-state index is 9.30. The largest absolute Gasteiger partial charge is 0.395 e. The Morgan fingerprint density at radius 3 is 2.68 bits per heavy atom. The number of nitrogens with one attached hydrogen (secondary N) is 1. The molecule has 2 aliphatic heterocycles. The molecule has 0 aliphatic carbocycles. The first-order valence-electron chi connectivity index (χ1n) is 8.14. The normalized spacial score (nSPS) is 27.8. The second kappa shape index (κ2) is 8.20. The van der Waals surface area contributed by atoms with Crippen LogP contribution in [0.3, 0.4) is 0 Å². The highest BCUT2D eigenvalue weighted by molar-refractivity contribution is 4.85. The topological polar surface area (TPSA) is 38.7 Å². The summed E-state index contributed by atoms with van der Waals surface area (Å²) in [6, 6.07) is 1.08. The number of aliphatic hydroxyl groups is 1. The lowest BCUT2D eigenvalue weighted by Crippen LogP contribution is -2.41. The van der Waals surface area contributed by atoms with Crippen LogP contribution in [0.4, 0.5) is 0 Å². The number of piperidine rings is 1. The van der Waals surface area contributed by atoms with Gasteiger partial charge in [0.25, 0.3) is 0 Å². The van der Waals surface area contributed by atoms with Gasteiger partial charge in [-0.05, 0) is 58.4 Å². The number of hydrogen-bond acceptors (Lipinski definition) is 4. The lowest BCUT2D eigenvalue weighted by Gasteiger charge is -2.32. The Balaban J connectivity index is 1.66. The van der Waals surface area contributed by atoms with Crippen molar-refractivity contribution in [2.24, 2.45) is 0 Å². The van der Waals surface area contributed by atoms with Crippen molar-refractivity contribution in [2.45, 2.75) is 51.1 Å². The van der Waals surface area contributed by atoms with Crippen LogP contribution in [0.2, 0.25) is 0 Å². The summed E-state index contributed by atoms with van der Waals surface area (Å²) < 4.78 is 0. The molecule has 2 fully saturated rings. The molecule has 19 heavy (non-hydrogen) atoms. The second-order valence-electron chi connectivity index (χ2n) is 6.07. The molecule has 0 saturated carbocycles. The van der Waals surface area contributed by atoms with Gasteiger partial charge in [0.1, 0.15) is 0 Å². The summed E-state index contributed by atoms with van der Waals surface area (Å²) in [6.45, 7) is 9.55. The molecule has 2 saturated heterocycles. The lowest BCUT2D eigenvalue weighted by molar-refractivity contribution is 0.159. The molecule has 0 aromatic heterocycles. The first-order chi connectivity index (χ1) is 9.33. The van der Waals surface area contributed by atoms with Gasteiger partial charge in [-0.1, -0.05) is 13.3 Å². The third kappa shape index (κ3) is 4.71. The van der Waals surface area contributed by atoms with Crippen LogP contribution in [0.5, 0.6) is 0 Å². The zero-order valence-electron chi connectivity index (χ0n) is 12.5. The fourth-order valence-corrected chi connectivity index (χ4v) is 3.48. The Bertz CT molecular complexity index is 244. The molecule has 0 spiro atoms. The van der Waals surface area contributed by atoms with E-state index in [1.807, 2.05) is 0 Å². The molecular weight excluding hydrogens is 238 g/mol. The highest BCUT2D eigenvalue weighted by atomic mass is 16.3. The summed E-state index contributed by atoms with van der Waals surface area (Å²) in [5, 5.41) is 12.6. The molecule has 2 aliphatic rings. The number of likely N-dealkylation sites (tertiary alicyclic amines) is 2. The number of rotatable bonds is 7. The SMILES string of the molecule is CCNC(CO)CCN1CCC(N2CCCCC2)C1. The van der Waals surface area contributed by atoms with E-state index in [1.54, 1.807) is 0 Å². The summed E-state index contributed by atoms with van der Waals surface area (Å²) in [5.74, 6) is 0. The van der Waals surface area contributed by atoms with E-state index in [4.69, 9.17) is 0 Å². The van der Waals surface area contributed by atoms with Crippen molar-refractivity contribution < 1.29 is 5.11 Å². The van der Waals surface area contributed by atoms with Crippen molar-refractivity contribution in [3.63, 3.8) is 0 Å². The molecule has 2 atom stereocenters. The summed E-state index contributed by atoms with van der Waals surface area (Å²) >= 11 is 0. The molecule has 0 aromatic carbocycles. The van der Waals surface area contributed by atoms with Crippen molar-refractivity contribution >= 4 is 0 Å². The monoisotopic (exact) mass is 269 g/mol. The van der Waals surface area contributed by atoms with Crippen LogP contribution in [-0.4, -0.2) is 72.9 Å². The fraction of sp³-hybridized carbons (Fsp3) is 1.00. The quantitative estimate of drug-likeness (QED) is 0.720. The Morgan fingerprint density at radius 1 is 1.21 bits per heavy atom. The van der Waals surface area contributed by atoms with Gasteiger partial charge in [0.2, 0.25) is 0 Å². The maximum atomic E-state index is 9.30. The van der Waals surface area contributed by atoms with E-state index < -0.39 is 0 Å². The maximum Gasteiger partial charge on any atom is 0.0585 e. The summed E-state index contributed by atoms with van der Waals surface area (Å²) in [4.78, 5) is 5.29. The lowest BCUT2D eigenvalue weighted by atomic mass is 10.1. The molecule has 4 heteroatoms. The number of nitrogens with zero attached hydrogens (tertiary/aromatic N) is 2. The van der Waals surface area contributed by atoms with Crippen molar-refractivity contribution in [3.8, 4) is 0 Å². The first-order valence-corrected chi connectivity index (χ1v) is 8.14. The smallest absolute Gasteiger partial charge is 0.0585 e. The minimum Gasteiger partial charge on any atom is -0.395 e. The Labute approximate surface area is 118 Å². The van der Waals surface area contributed by atoms with Gasteiger partial charge >= 0.3 is 0 Å². The van der Waals surface area contributed by atoms with Crippen LogP contribution >= 0.6 is 0 Å². The third-order valence-electron chi connectivity index (χ3n) is 4.66. The van der Waals surface area contributed by atoms with Crippen molar-refractivity contribution in [1.82, 2.24) is 15.1 Å². The van der Waals surface area contributed by atoms with Crippen LogP contribution in [0, 0.1) is 0 Å². The van der Waals surface area contributed by atoms with Crippen molar-refractivity contribution in [3.05, 3.63) is 0 Å². The standard InChI is InChI=1S/C15H31N3O/c1-2-16-14(13-19)6-10-17-11-7-15(12-17)18-8-4-3-5-9-18/h14-16,19H,2-13H2,1H3. The molecule has 0 bridgehead atoms. The predicted octanol–water partition coefficient (Wildman–Crippen LogP) is 0.907. The summed E-state index contributed by atoms with van der Waals surface area (Å²) in [5.41, 5.74) is 0. The molecular formula is C15H31N3O. The van der Waals surface area contributed by atoms with E-state index >= 15 is 0 Å². The number of aliphatic hydroxyl groups excluding tert-OH is 1. The Kier molecular flexibility index (Phi) is 6.57. The van der Waals surface area contributed by atoms with E-state index in [-0.39, 0.29) is 12.6 Å². The van der Waals surface area contributed by atoms with Gasteiger partial charge in [0.05, 0.1) is 6.61 Å². The Morgan fingerprint density at radius 2 is 2.00 bits per heavy atom. The highest BCUT2D eigenvalue weighted by Gasteiger charge is 2.28. The molecule has 4 nitrogen and oxygen atoms in total. The molecule has 0 aromatic rings. The zero-order chi connectivity index (χ0) is 13.5. The molecule has 112 valence electrons. The minimum absolute atomic E-state index is 0.261. The van der Waals surface area contributed by atoms with Gasteiger partial charge in [-0.15, -0.1) is 0 Å². The van der Waals surface area contributed by atoms with Gasteiger partial charge in [-0.3, -0.25) is 4.90 Å². The summed E-state index contributed by atoms with van der Waals surface area (Å²) in [6.07, 6.45) is 6.61. The number of hydrogen-bond donors (Lipinski definition) is 2. The van der Waals surface area contributed by atoms with Gasteiger partial charge in [-0.2, -0.15) is 0 Å². The average Bonchev–Trinajstić information content (AvgIpc) is 2.93. The van der Waals surface area contributed by atoms with E-state index in [0.717, 1.165) is 25.6 Å². The molecule has 2 N–H and O–H groups in total. The predicted molar refractivity (Wildman–Crippen MR) is 79.4 cm³/mol. The second-order valence-corrected chi connectivity index (χ2v) is 6.07.